The van der Waals surface area contributed by atoms with Crippen LogP contribution in [0.2, 0.25) is 5.02 Å². The summed E-state index contributed by atoms with van der Waals surface area (Å²) in [6, 6.07) is 16.5. The topological polar surface area (TPSA) is 39.1 Å². The zero-order chi connectivity index (χ0) is 20.7. The van der Waals surface area contributed by atoms with E-state index in [0.717, 1.165) is 28.2 Å². The minimum absolute atomic E-state index is 0.645. The average Bonchev–Trinajstić information content (AvgIpc) is 2.99. The molecule has 0 unspecified atom stereocenters. The van der Waals surface area contributed by atoms with Crippen LogP contribution >= 0.6 is 11.6 Å². The summed E-state index contributed by atoms with van der Waals surface area (Å²) in [5, 5.41) is 4.09. The number of anilines is 2. The third-order valence-electron chi connectivity index (χ3n) is 5.29. The summed E-state index contributed by atoms with van der Waals surface area (Å²) in [6.45, 7) is 6.27. The van der Waals surface area contributed by atoms with E-state index < -0.39 is 0 Å². The molecule has 4 nitrogen and oxygen atoms in total. The van der Waals surface area contributed by atoms with Gasteiger partial charge in [-0.2, -0.15) is 0 Å². The number of rotatable bonds is 4. The fraction of sp³-hybridized carbons (Fsp3) is 0.208. The van der Waals surface area contributed by atoms with Gasteiger partial charge >= 0.3 is 0 Å². The highest BCUT2D eigenvalue weighted by Crippen LogP contribution is 2.36. The second-order valence-corrected chi connectivity index (χ2v) is 7.85. The Morgan fingerprint density at radius 2 is 1.76 bits per heavy atom. The van der Waals surface area contributed by atoms with Crippen molar-refractivity contribution < 1.29 is 4.74 Å². The van der Waals surface area contributed by atoms with E-state index in [1.165, 1.54) is 22.3 Å². The van der Waals surface area contributed by atoms with Crippen LogP contribution in [0.1, 0.15) is 16.7 Å². The third-order valence-corrected chi connectivity index (χ3v) is 5.51. The molecule has 0 radical (unpaired) electrons. The number of hydrogen-bond acceptors (Lipinski definition) is 3. The normalized spacial score (nSPS) is 11.1. The van der Waals surface area contributed by atoms with Crippen LogP contribution in [0, 0.1) is 20.8 Å². The van der Waals surface area contributed by atoms with E-state index in [4.69, 9.17) is 21.3 Å². The van der Waals surface area contributed by atoms with Crippen LogP contribution in [0.3, 0.4) is 0 Å². The molecule has 0 atom stereocenters. The molecular formula is C24H24ClN3O. The largest absolute Gasteiger partial charge is 0.495 e. The summed E-state index contributed by atoms with van der Waals surface area (Å²) in [7, 11) is 3.67. The molecule has 0 fully saturated rings. The molecule has 148 valence electrons. The molecule has 4 rings (SSSR count). The number of nitrogens with one attached hydrogen (secondary N) is 1. The van der Waals surface area contributed by atoms with E-state index in [1.54, 1.807) is 13.2 Å². The first-order valence-electron chi connectivity index (χ1n) is 9.53. The number of imidazole rings is 1. The molecule has 0 bridgehead atoms. The Kier molecular flexibility index (Phi) is 4.97. The van der Waals surface area contributed by atoms with Crippen molar-refractivity contribution in [1.82, 2.24) is 9.55 Å². The maximum atomic E-state index is 6.19. The van der Waals surface area contributed by atoms with Gasteiger partial charge in [-0.15, -0.1) is 0 Å². The number of fused-ring (bicyclic) bond motifs is 1. The number of nitrogens with zero attached hydrogens (tertiary/aromatic N) is 2. The van der Waals surface area contributed by atoms with Gasteiger partial charge in [0.25, 0.3) is 0 Å². The van der Waals surface area contributed by atoms with Crippen molar-refractivity contribution >= 4 is 34.3 Å². The lowest BCUT2D eigenvalue weighted by Crippen LogP contribution is -2.03. The van der Waals surface area contributed by atoms with E-state index in [2.05, 4.69) is 54.1 Å². The number of halogens is 1. The molecule has 0 saturated heterocycles. The molecule has 0 aliphatic rings. The molecule has 5 heteroatoms. The Bertz CT molecular complexity index is 1230. The Morgan fingerprint density at radius 1 is 0.966 bits per heavy atom. The first kappa shape index (κ1) is 19.3. The highest BCUT2D eigenvalue weighted by molar-refractivity contribution is 6.31. The van der Waals surface area contributed by atoms with E-state index in [1.807, 2.05) is 26.1 Å². The molecule has 0 saturated carbocycles. The van der Waals surface area contributed by atoms with Crippen molar-refractivity contribution in [3.63, 3.8) is 0 Å². The number of aryl methyl sites for hydroxylation is 4. The predicted molar refractivity (Wildman–Crippen MR) is 122 cm³/mol. The van der Waals surface area contributed by atoms with Crippen LogP contribution in [0.25, 0.3) is 22.2 Å². The molecule has 1 heterocycles. The Labute approximate surface area is 176 Å². The van der Waals surface area contributed by atoms with Crippen LogP contribution in [0.4, 0.5) is 11.6 Å². The Hall–Kier alpha value is -2.98. The summed E-state index contributed by atoms with van der Waals surface area (Å²) < 4.78 is 7.62. The SMILES string of the molecule is COc1cc(Cl)cc(C)c1Nc1nc2cccc(-c3ccc(C)cc3C)c2n1C. The zero-order valence-corrected chi connectivity index (χ0v) is 18.1. The average molecular weight is 406 g/mol. The molecule has 0 amide bonds. The molecule has 29 heavy (non-hydrogen) atoms. The zero-order valence-electron chi connectivity index (χ0n) is 17.3. The number of benzene rings is 3. The molecule has 0 aliphatic heterocycles. The summed E-state index contributed by atoms with van der Waals surface area (Å²) in [6.07, 6.45) is 0. The number of aromatic nitrogens is 2. The lowest BCUT2D eigenvalue weighted by molar-refractivity contribution is 0.416. The number of ether oxygens (including phenoxy) is 1. The molecule has 0 aliphatic carbocycles. The molecule has 1 aromatic heterocycles. The second kappa shape index (κ2) is 7.45. The third kappa shape index (κ3) is 3.45. The minimum Gasteiger partial charge on any atom is -0.495 e. The maximum Gasteiger partial charge on any atom is 0.208 e. The van der Waals surface area contributed by atoms with Crippen molar-refractivity contribution in [3.8, 4) is 16.9 Å². The highest BCUT2D eigenvalue weighted by Gasteiger charge is 2.16. The quantitative estimate of drug-likeness (QED) is 0.417. The number of para-hydroxylation sites is 1. The van der Waals surface area contributed by atoms with Gasteiger partial charge < -0.3 is 14.6 Å². The van der Waals surface area contributed by atoms with E-state index in [9.17, 15) is 0 Å². The van der Waals surface area contributed by atoms with Crippen LogP contribution in [0.5, 0.6) is 5.75 Å². The fourth-order valence-corrected chi connectivity index (χ4v) is 4.12. The second-order valence-electron chi connectivity index (χ2n) is 7.41. The summed E-state index contributed by atoms with van der Waals surface area (Å²) in [4.78, 5) is 4.84. The summed E-state index contributed by atoms with van der Waals surface area (Å²) >= 11 is 6.19. The summed E-state index contributed by atoms with van der Waals surface area (Å²) in [5.74, 6) is 1.44. The van der Waals surface area contributed by atoms with Crippen LogP contribution in [0.15, 0.2) is 48.5 Å². The van der Waals surface area contributed by atoms with Gasteiger partial charge in [-0.3, -0.25) is 0 Å². The fourth-order valence-electron chi connectivity index (χ4n) is 3.86. The van der Waals surface area contributed by atoms with Crippen LogP contribution < -0.4 is 10.1 Å². The van der Waals surface area contributed by atoms with Gasteiger partial charge in [-0.1, -0.05) is 47.5 Å². The van der Waals surface area contributed by atoms with Crippen LogP contribution in [-0.2, 0) is 7.05 Å². The monoisotopic (exact) mass is 405 g/mol. The molecule has 0 spiro atoms. The number of hydrogen-bond donors (Lipinski definition) is 1. The van der Waals surface area contributed by atoms with Crippen molar-refractivity contribution in [2.45, 2.75) is 20.8 Å². The van der Waals surface area contributed by atoms with E-state index >= 15 is 0 Å². The van der Waals surface area contributed by atoms with Crippen molar-refractivity contribution in [2.24, 2.45) is 7.05 Å². The predicted octanol–water partition coefficient (Wildman–Crippen LogP) is 6.57. The van der Waals surface area contributed by atoms with Gasteiger partial charge in [0.05, 0.1) is 23.8 Å². The first-order valence-corrected chi connectivity index (χ1v) is 9.91. The lowest BCUT2D eigenvalue weighted by Gasteiger charge is -2.15. The van der Waals surface area contributed by atoms with Gasteiger partial charge in [0.2, 0.25) is 5.95 Å². The smallest absolute Gasteiger partial charge is 0.208 e. The Balaban J connectivity index is 1.86. The van der Waals surface area contributed by atoms with Gasteiger partial charge in [-0.05, 0) is 49.6 Å². The minimum atomic E-state index is 0.645. The van der Waals surface area contributed by atoms with Crippen LogP contribution in [-0.4, -0.2) is 16.7 Å². The van der Waals surface area contributed by atoms with E-state index in [0.29, 0.717) is 10.8 Å². The lowest BCUT2D eigenvalue weighted by atomic mass is 9.97. The molecule has 4 aromatic rings. The summed E-state index contributed by atoms with van der Waals surface area (Å²) in [5.41, 5.74) is 8.79. The van der Waals surface area contributed by atoms with Gasteiger partial charge in [0, 0.05) is 23.7 Å². The highest BCUT2D eigenvalue weighted by atomic mass is 35.5. The van der Waals surface area contributed by atoms with Crippen molar-refractivity contribution in [1.29, 1.82) is 0 Å². The maximum absolute atomic E-state index is 6.19. The Morgan fingerprint density at radius 3 is 2.48 bits per heavy atom. The van der Waals surface area contributed by atoms with E-state index in [-0.39, 0.29) is 0 Å². The van der Waals surface area contributed by atoms with Gasteiger partial charge in [0.15, 0.2) is 0 Å². The first-order chi connectivity index (χ1) is 13.9. The van der Waals surface area contributed by atoms with Crippen molar-refractivity contribution in [2.75, 3.05) is 12.4 Å². The standard InChI is InChI=1S/C24H24ClN3O/c1-14-9-10-18(15(2)11-14)19-7-6-8-20-23(19)28(4)24(26-20)27-22-16(3)12-17(25)13-21(22)29-5/h6-13H,1-5H3,(H,26,27). The van der Waals surface area contributed by atoms with Gasteiger partial charge in [0.1, 0.15) is 5.75 Å². The van der Waals surface area contributed by atoms with Crippen molar-refractivity contribution in [3.05, 3.63) is 70.2 Å². The molecule has 3 aromatic carbocycles. The van der Waals surface area contributed by atoms with Gasteiger partial charge in [-0.25, -0.2) is 4.98 Å². The number of methoxy groups -OCH3 is 1. The molecular weight excluding hydrogens is 382 g/mol. The molecule has 1 N–H and O–H groups in total.